The predicted molar refractivity (Wildman–Crippen MR) is 111 cm³/mol. The topological polar surface area (TPSA) is 62.3 Å². The summed E-state index contributed by atoms with van der Waals surface area (Å²) in [6.45, 7) is 4.11. The van der Waals surface area contributed by atoms with Gasteiger partial charge in [-0.05, 0) is 54.8 Å². The molecule has 0 aliphatic rings. The van der Waals surface area contributed by atoms with Crippen LogP contribution in [0.15, 0.2) is 66.7 Å². The lowest BCUT2D eigenvalue weighted by Gasteiger charge is -2.08. The van der Waals surface area contributed by atoms with Gasteiger partial charge in [0.2, 0.25) is 0 Å². The SMILES string of the molecule is Cc1ccc2c(CC(=O)O)c(-c3cccc(Oc4ccccc4)c3)[nH]c2c1C. The molecule has 0 unspecified atom stereocenters. The van der Waals surface area contributed by atoms with Gasteiger partial charge in [-0.25, -0.2) is 0 Å². The molecule has 0 aliphatic carbocycles. The first-order valence-electron chi connectivity index (χ1n) is 9.19. The van der Waals surface area contributed by atoms with Crippen molar-refractivity contribution in [2.45, 2.75) is 20.3 Å². The lowest BCUT2D eigenvalue weighted by molar-refractivity contribution is -0.136. The minimum Gasteiger partial charge on any atom is -0.481 e. The lowest BCUT2D eigenvalue weighted by Crippen LogP contribution is -2.01. The van der Waals surface area contributed by atoms with Gasteiger partial charge in [-0.2, -0.15) is 0 Å². The van der Waals surface area contributed by atoms with Gasteiger partial charge in [0.25, 0.3) is 0 Å². The summed E-state index contributed by atoms with van der Waals surface area (Å²) < 4.78 is 5.95. The van der Waals surface area contributed by atoms with E-state index in [4.69, 9.17) is 4.74 Å². The van der Waals surface area contributed by atoms with Crippen molar-refractivity contribution in [2.75, 3.05) is 0 Å². The van der Waals surface area contributed by atoms with Gasteiger partial charge in [-0.1, -0.05) is 42.5 Å². The highest BCUT2D eigenvalue weighted by molar-refractivity contribution is 5.96. The number of H-pyrrole nitrogens is 1. The third kappa shape index (κ3) is 3.37. The quantitative estimate of drug-likeness (QED) is 0.461. The summed E-state index contributed by atoms with van der Waals surface area (Å²) >= 11 is 0. The number of carboxylic acid groups (broad SMARTS) is 1. The Hall–Kier alpha value is -3.53. The molecule has 0 saturated carbocycles. The van der Waals surface area contributed by atoms with Crippen molar-refractivity contribution in [2.24, 2.45) is 0 Å². The molecule has 140 valence electrons. The van der Waals surface area contributed by atoms with Gasteiger partial charge in [-0.15, -0.1) is 0 Å². The molecule has 0 bridgehead atoms. The monoisotopic (exact) mass is 371 g/mol. The molecule has 2 N–H and O–H groups in total. The number of rotatable bonds is 5. The van der Waals surface area contributed by atoms with Gasteiger partial charge in [0.15, 0.2) is 0 Å². The third-order valence-electron chi connectivity index (χ3n) is 5.04. The Bertz CT molecular complexity index is 1160. The number of benzene rings is 3. The highest BCUT2D eigenvalue weighted by Crippen LogP contribution is 2.35. The Morgan fingerprint density at radius 3 is 2.46 bits per heavy atom. The van der Waals surface area contributed by atoms with Crippen molar-refractivity contribution in [1.82, 2.24) is 4.98 Å². The summed E-state index contributed by atoms with van der Waals surface area (Å²) in [6, 6.07) is 21.3. The molecule has 4 aromatic rings. The minimum absolute atomic E-state index is 0.0401. The minimum atomic E-state index is -0.850. The third-order valence-corrected chi connectivity index (χ3v) is 5.04. The van der Waals surface area contributed by atoms with Crippen LogP contribution in [-0.2, 0) is 11.2 Å². The van der Waals surface area contributed by atoms with E-state index in [1.165, 1.54) is 5.56 Å². The van der Waals surface area contributed by atoms with Gasteiger partial charge in [0.05, 0.1) is 12.1 Å². The number of carboxylic acids is 1. The molecule has 0 amide bonds. The number of aliphatic carboxylic acids is 1. The van der Waals surface area contributed by atoms with Crippen LogP contribution >= 0.6 is 0 Å². The molecule has 0 fully saturated rings. The van der Waals surface area contributed by atoms with Gasteiger partial charge in [0, 0.05) is 16.5 Å². The normalized spacial score (nSPS) is 10.9. The Kier molecular flexibility index (Phi) is 4.62. The molecule has 1 aromatic heterocycles. The maximum absolute atomic E-state index is 11.5. The van der Waals surface area contributed by atoms with E-state index >= 15 is 0 Å². The summed E-state index contributed by atoms with van der Waals surface area (Å²) in [5, 5.41) is 10.4. The average Bonchev–Trinajstić information content (AvgIpc) is 3.04. The highest BCUT2D eigenvalue weighted by atomic mass is 16.5. The molecule has 0 atom stereocenters. The molecular formula is C24H21NO3. The van der Waals surface area contributed by atoms with Crippen molar-refractivity contribution in [3.63, 3.8) is 0 Å². The van der Waals surface area contributed by atoms with Gasteiger partial charge >= 0.3 is 5.97 Å². The van der Waals surface area contributed by atoms with Crippen molar-refractivity contribution in [1.29, 1.82) is 0 Å². The second-order valence-corrected chi connectivity index (χ2v) is 6.92. The standard InChI is InChI=1S/C24H21NO3/c1-15-11-12-20-21(14-22(26)27)24(25-23(20)16(15)2)17-7-6-10-19(13-17)28-18-8-4-3-5-9-18/h3-13,25H,14H2,1-2H3,(H,26,27). The van der Waals surface area contributed by atoms with Crippen molar-refractivity contribution in [3.8, 4) is 22.8 Å². The van der Waals surface area contributed by atoms with Crippen LogP contribution < -0.4 is 4.74 Å². The van der Waals surface area contributed by atoms with Gasteiger partial charge in [-0.3, -0.25) is 4.79 Å². The zero-order valence-electron chi connectivity index (χ0n) is 15.8. The summed E-state index contributed by atoms with van der Waals surface area (Å²) in [6.07, 6.45) is -0.0401. The second kappa shape index (κ2) is 7.24. The predicted octanol–water partition coefficient (Wildman–Crippen LogP) is 5.87. The van der Waals surface area contributed by atoms with Crippen molar-refractivity contribution < 1.29 is 14.6 Å². The van der Waals surface area contributed by atoms with E-state index in [1.54, 1.807) is 0 Å². The Morgan fingerprint density at radius 2 is 1.71 bits per heavy atom. The fraction of sp³-hybridized carbons (Fsp3) is 0.125. The zero-order chi connectivity index (χ0) is 19.7. The van der Waals surface area contributed by atoms with E-state index in [-0.39, 0.29) is 6.42 Å². The number of hydrogen-bond donors (Lipinski definition) is 2. The number of carbonyl (C=O) groups is 1. The van der Waals surface area contributed by atoms with Crippen LogP contribution in [-0.4, -0.2) is 16.1 Å². The number of aromatic nitrogens is 1. The summed E-state index contributed by atoms with van der Waals surface area (Å²) in [5.41, 5.74) is 5.81. The maximum atomic E-state index is 11.5. The van der Waals surface area contributed by atoms with Crippen LogP contribution in [0.25, 0.3) is 22.2 Å². The van der Waals surface area contributed by atoms with E-state index in [0.29, 0.717) is 5.75 Å². The smallest absolute Gasteiger partial charge is 0.307 e. The first-order valence-corrected chi connectivity index (χ1v) is 9.19. The van der Waals surface area contributed by atoms with Crippen molar-refractivity contribution >= 4 is 16.9 Å². The first-order chi connectivity index (χ1) is 13.5. The van der Waals surface area contributed by atoms with Crippen molar-refractivity contribution in [3.05, 3.63) is 83.4 Å². The number of nitrogens with one attached hydrogen (secondary N) is 1. The second-order valence-electron chi connectivity index (χ2n) is 6.92. The lowest BCUT2D eigenvalue weighted by atomic mass is 10.00. The number of para-hydroxylation sites is 1. The molecule has 4 nitrogen and oxygen atoms in total. The summed E-state index contributed by atoms with van der Waals surface area (Å²) in [4.78, 5) is 15.0. The number of ether oxygens (including phenoxy) is 1. The number of aryl methyl sites for hydroxylation is 2. The number of aromatic amines is 1. The summed E-state index contributed by atoms with van der Waals surface area (Å²) in [7, 11) is 0. The first kappa shape index (κ1) is 17.9. The van der Waals surface area contributed by atoms with E-state index in [9.17, 15) is 9.90 Å². The maximum Gasteiger partial charge on any atom is 0.307 e. The molecular weight excluding hydrogens is 350 g/mol. The fourth-order valence-electron chi connectivity index (χ4n) is 3.48. The zero-order valence-corrected chi connectivity index (χ0v) is 15.8. The number of fused-ring (bicyclic) bond motifs is 1. The van der Waals surface area contributed by atoms with Crippen LogP contribution in [0.5, 0.6) is 11.5 Å². The van der Waals surface area contributed by atoms with Crippen LogP contribution in [0, 0.1) is 13.8 Å². The Labute approximate surface area is 163 Å². The molecule has 0 saturated heterocycles. The molecule has 4 heteroatoms. The largest absolute Gasteiger partial charge is 0.481 e. The van der Waals surface area contributed by atoms with Gasteiger partial charge < -0.3 is 14.8 Å². The molecule has 0 radical (unpaired) electrons. The van der Waals surface area contributed by atoms with E-state index in [0.717, 1.165) is 39.0 Å². The highest BCUT2D eigenvalue weighted by Gasteiger charge is 2.18. The molecule has 28 heavy (non-hydrogen) atoms. The van der Waals surface area contributed by atoms with E-state index < -0.39 is 5.97 Å². The van der Waals surface area contributed by atoms with Crippen LogP contribution in [0.2, 0.25) is 0 Å². The molecule has 1 heterocycles. The molecule has 3 aromatic carbocycles. The molecule has 0 aliphatic heterocycles. The van der Waals surface area contributed by atoms with Crippen LogP contribution in [0.1, 0.15) is 16.7 Å². The number of hydrogen-bond acceptors (Lipinski definition) is 2. The van der Waals surface area contributed by atoms with Crippen LogP contribution in [0.3, 0.4) is 0 Å². The Balaban J connectivity index is 1.83. The molecule has 4 rings (SSSR count). The molecule has 0 spiro atoms. The van der Waals surface area contributed by atoms with Gasteiger partial charge in [0.1, 0.15) is 11.5 Å². The van der Waals surface area contributed by atoms with E-state index in [1.807, 2.05) is 66.7 Å². The summed E-state index contributed by atoms with van der Waals surface area (Å²) in [5.74, 6) is 0.613. The fourth-order valence-corrected chi connectivity index (χ4v) is 3.48. The Morgan fingerprint density at radius 1 is 0.964 bits per heavy atom. The average molecular weight is 371 g/mol. The van der Waals surface area contributed by atoms with E-state index in [2.05, 4.69) is 18.8 Å². The van der Waals surface area contributed by atoms with Crippen LogP contribution in [0.4, 0.5) is 0 Å².